The van der Waals surface area contributed by atoms with Gasteiger partial charge in [-0.3, -0.25) is 9.78 Å². The first-order valence-electron chi connectivity index (χ1n) is 6.60. The van der Waals surface area contributed by atoms with Gasteiger partial charge in [-0.05, 0) is 23.8 Å². The molecule has 0 aliphatic carbocycles. The Bertz CT molecular complexity index is 828. The molecule has 1 amide bonds. The summed E-state index contributed by atoms with van der Waals surface area (Å²) in [7, 11) is 0. The number of carbonyl (C=O) groups excluding carboxylic acids is 1. The molecule has 3 aromatic rings. The summed E-state index contributed by atoms with van der Waals surface area (Å²) in [6, 6.07) is 14.7. The van der Waals surface area contributed by atoms with Gasteiger partial charge in [0.15, 0.2) is 0 Å². The van der Waals surface area contributed by atoms with Crippen molar-refractivity contribution in [2.24, 2.45) is 0 Å². The Labute approximate surface area is 122 Å². The minimum Gasteiger partial charge on any atom is -0.506 e. The van der Waals surface area contributed by atoms with Gasteiger partial charge in [0.05, 0.1) is 0 Å². The zero-order valence-electron chi connectivity index (χ0n) is 11.5. The summed E-state index contributed by atoms with van der Waals surface area (Å²) < 4.78 is 0. The largest absolute Gasteiger partial charge is 0.506 e. The van der Waals surface area contributed by atoms with E-state index < -0.39 is 0 Å². The first-order valence-corrected chi connectivity index (χ1v) is 6.60. The number of phenolic OH excluding ortho intramolecular Hbond substituents is 1. The zero-order chi connectivity index (χ0) is 14.8. The number of hydrogen-bond donors (Lipinski definition) is 2. The van der Waals surface area contributed by atoms with Gasteiger partial charge >= 0.3 is 0 Å². The van der Waals surface area contributed by atoms with Gasteiger partial charge in [0.25, 0.3) is 0 Å². The lowest BCUT2D eigenvalue weighted by molar-refractivity contribution is -0.114. The topological polar surface area (TPSA) is 62.2 Å². The van der Waals surface area contributed by atoms with Crippen molar-refractivity contribution >= 4 is 22.5 Å². The van der Waals surface area contributed by atoms with Crippen LogP contribution >= 0.6 is 0 Å². The van der Waals surface area contributed by atoms with Crippen molar-refractivity contribution in [2.45, 2.75) is 6.92 Å². The molecule has 2 N–H and O–H groups in total. The minimum absolute atomic E-state index is 0.122. The predicted molar refractivity (Wildman–Crippen MR) is 83.1 cm³/mol. The summed E-state index contributed by atoms with van der Waals surface area (Å²) in [5.74, 6) is 0.0232. The average Bonchev–Trinajstić information content (AvgIpc) is 2.47. The third-order valence-electron chi connectivity index (χ3n) is 3.28. The van der Waals surface area contributed by atoms with Crippen molar-refractivity contribution in [1.82, 2.24) is 4.98 Å². The SMILES string of the molecule is CC(=O)Nc1ccccc1-c1ccnc2c(O)cccc12. The normalized spacial score (nSPS) is 10.5. The highest BCUT2D eigenvalue weighted by Crippen LogP contribution is 2.35. The number of nitrogens with zero attached hydrogens (tertiary/aromatic N) is 1. The van der Waals surface area contributed by atoms with E-state index in [1.807, 2.05) is 36.4 Å². The maximum Gasteiger partial charge on any atom is 0.221 e. The van der Waals surface area contributed by atoms with Crippen LogP contribution in [-0.2, 0) is 4.79 Å². The van der Waals surface area contributed by atoms with Crippen LogP contribution < -0.4 is 5.32 Å². The van der Waals surface area contributed by atoms with E-state index in [1.54, 1.807) is 18.3 Å². The number of carbonyl (C=O) groups is 1. The van der Waals surface area contributed by atoms with Gasteiger partial charge < -0.3 is 10.4 Å². The van der Waals surface area contributed by atoms with Crippen molar-refractivity contribution in [2.75, 3.05) is 5.32 Å². The van der Waals surface area contributed by atoms with Gasteiger partial charge in [0.1, 0.15) is 11.3 Å². The second-order valence-electron chi connectivity index (χ2n) is 4.76. The van der Waals surface area contributed by atoms with Crippen LogP contribution in [0.2, 0.25) is 0 Å². The molecule has 104 valence electrons. The van der Waals surface area contributed by atoms with Crippen molar-refractivity contribution in [3.05, 3.63) is 54.7 Å². The second-order valence-corrected chi connectivity index (χ2v) is 4.76. The minimum atomic E-state index is -0.122. The number of phenols is 1. The molecule has 0 unspecified atom stereocenters. The molecule has 3 rings (SSSR count). The van der Waals surface area contributed by atoms with E-state index in [4.69, 9.17) is 0 Å². The van der Waals surface area contributed by atoms with Gasteiger partial charge in [-0.25, -0.2) is 0 Å². The smallest absolute Gasteiger partial charge is 0.221 e. The van der Waals surface area contributed by atoms with Crippen LogP contribution in [0.5, 0.6) is 5.75 Å². The Morgan fingerprint density at radius 3 is 2.67 bits per heavy atom. The number of rotatable bonds is 2. The van der Waals surface area contributed by atoms with Crippen LogP contribution in [0.25, 0.3) is 22.0 Å². The molecular weight excluding hydrogens is 264 g/mol. The van der Waals surface area contributed by atoms with Gasteiger partial charge in [0, 0.05) is 29.8 Å². The Morgan fingerprint density at radius 2 is 1.86 bits per heavy atom. The fraction of sp³-hybridized carbons (Fsp3) is 0.0588. The molecule has 0 aliphatic rings. The number of aromatic nitrogens is 1. The second kappa shape index (κ2) is 5.25. The van der Waals surface area contributed by atoms with Crippen molar-refractivity contribution < 1.29 is 9.90 Å². The monoisotopic (exact) mass is 278 g/mol. The molecular formula is C17H14N2O2. The highest BCUT2D eigenvalue weighted by Gasteiger charge is 2.11. The van der Waals surface area contributed by atoms with Crippen molar-refractivity contribution in [3.8, 4) is 16.9 Å². The third-order valence-corrected chi connectivity index (χ3v) is 3.28. The number of para-hydroxylation sites is 2. The Morgan fingerprint density at radius 1 is 1.05 bits per heavy atom. The van der Waals surface area contributed by atoms with E-state index in [1.165, 1.54) is 6.92 Å². The lowest BCUT2D eigenvalue weighted by atomic mass is 9.99. The van der Waals surface area contributed by atoms with Crippen LogP contribution in [0.15, 0.2) is 54.7 Å². The van der Waals surface area contributed by atoms with E-state index >= 15 is 0 Å². The lowest BCUT2D eigenvalue weighted by Gasteiger charge is -2.12. The molecule has 0 radical (unpaired) electrons. The quantitative estimate of drug-likeness (QED) is 0.753. The Hall–Kier alpha value is -2.88. The number of aromatic hydroxyl groups is 1. The summed E-state index contributed by atoms with van der Waals surface area (Å²) >= 11 is 0. The van der Waals surface area contributed by atoms with E-state index in [9.17, 15) is 9.90 Å². The number of pyridine rings is 1. The standard InChI is InChI=1S/C17H14N2O2/c1-11(20)19-15-7-3-2-5-13(15)12-9-10-18-17-14(12)6-4-8-16(17)21/h2-10,21H,1H3,(H,19,20). The van der Waals surface area contributed by atoms with Crippen molar-refractivity contribution in [3.63, 3.8) is 0 Å². The summed E-state index contributed by atoms with van der Waals surface area (Å²) in [5, 5.41) is 13.6. The van der Waals surface area contributed by atoms with Crippen LogP contribution in [-0.4, -0.2) is 16.0 Å². The van der Waals surface area contributed by atoms with Crippen LogP contribution in [0.3, 0.4) is 0 Å². The van der Waals surface area contributed by atoms with Crippen molar-refractivity contribution in [1.29, 1.82) is 0 Å². The number of hydrogen-bond acceptors (Lipinski definition) is 3. The Balaban J connectivity index is 2.26. The van der Waals surface area contributed by atoms with Crippen LogP contribution in [0.4, 0.5) is 5.69 Å². The molecule has 0 saturated heterocycles. The maximum absolute atomic E-state index is 11.4. The van der Waals surface area contributed by atoms with E-state index in [0.717, 1.165) is 22.2 Å². The number of fused-ring (bicyclic) bond motifs is 1. The molecule has 0 bridgehead atoms. The summed E-state index contributed by atoms with van der Waals surface area (Å²) in [6.45, 7) is 1.48. The Kier molecular flexibility index (Phi) is 3.28. The van der Waals surface area contributed by atoms with E-state index in [0.29, 0.717) is 5.52 Å². The summed E-state index contributed by atoms with van der Waals surface area (Å²) in [6.07, 6.45) is 1.65. The van der Waals surface area contributed by atoms with Gasteiger partial charge in [-0.1, -0.05) is 30.3 Å². The molecule has 1 aromatic heterocycles. The molecule has 0 spiro atoms. The van der Waals surface area contributed by atoms with Crippen LogP contribution in [0.1, 0.15) is 6.92 Å². The van der Waals surface area contributed by atoms with Crippen LogP contribution in [0, 0.1) is 0 Å². The maximum atomic E-state index is 11.4. The molecule has 1 heterocycles. The van der Waals surface area contributed by atoms with Gasteiger partial charge in [-0.2, -0.15) is 0 Å². The number of nitrogens with one attached hydrogen (secondary N) is 1. The number of anilines is 1. The molecule has 2 aromatic carbocycles. The molecule has 0 atom stereocenters. The fourth-order valence-electron chi connectivity index (χ4n) is 2.41. The third kappa shape index (κ3) is 2.43. The highest BCUT2D eigenvalue weighted by atomic mass is 16.3. The lowest BCUT2D eigenvalue weighted by Crippen LogP contribution is -2.06. The number of benzene rings is 2. The molecule has 4 heteroatoms. The number of amides is 1. The van der Waals surface area contributed by atoms with Gasteiger partial charge in [0.2, 0.25) is 5.91 Å². The molecule has 21 heavy (non-hydrogen) atoms. The summed E-state index contributed by atoms with van der Waals surface area (Å²) in [4.78, 5) is 15.6. The van der Waals surface area contributed by atoms with E-state index in [2.05, 4.69) is 10.3 Å². The predicted octanol–water partition coefficient (Wildman–Crippen LogP) is 3.57. The zero-order valence-corrected chi connectivity index (χ0v) is 11.5. The highest BCUT2D eigenvalue weighted by molar-refractivity contribution is 6.02. The molecule has 0 aliphatic heterocycles. The molecule has 0 saturated carbocycles. The summed E-state index contributed by atoms with van der Waals surface area (Å²) in [5.41, 5.74) is 3.10. The first-order chi connectivity index (χ1) is 10.2. The van der Waals surface area contributed by atoms with E-state index in [-0.39, 0.29) is 11.7 Å². The fourth-order valence-corrected chi connectivity index (χ4v) is 2.41. The molecule has 0 fully saturated rings. The average molecular weight is 278 g/mol. The first kappa shape index (κ1) is 13.1. The molecule has 4 nitrogen and oxygen atoms in total. The van der Waals surface area contributed by atoms with Gasteiger partial charge in [-0.15, -0.1) is 0 Å².